The van der Waals surface area contributed by atoms with Crippen LogP contribution in [0, 0.1) is 17.5 Å². The molecular formula is C16H15BrF3N. The maximum absolute atomic E-state index is 14.1. The summed E-state index contributed by atoms with van der Waals surface area (Å²) in [6, 6.07) is 7.92. The first kappa shape index (κ1) is 16.0. The molecule has 0 fully saturated rings. The monoisotopic (exact) mass is 357 g/mol. The molecule has 21 heavy (non-hydrogen) atoms. The minimum Gasteiger partial charge on any atom is -0.306 e. The zero-order valence-electron chi connectivity index (χ0n) is 11.5. The summed E-state index contributed by atoms with van der Waals surface area (Å²) in [4.78, 5) is 0. The Bertz CT molecular complexity index is 608. The van der Waals surface area contributed by atoms with Gasteiger partial charge in [0.2, 0.25) is 0 Å². The Kier molecular flexibility index (Phi) is 5.42. The van der Waals surface area contributed by atoms with E-state index >= 15 is 0 Å². The van der Waals surface area contributed by atoms with Crippen molar-refractivity contribution in [3.05, 3.63) is 69.4 Å². The topological polar surface area (TPSA) is 12.0 Å². The molecule has 112 valence electrons. The third kappa shape index (κ3) is 3.66. The Labute approximate surface area is 130 Å². The molecule has 0 radical (unpaired) electrons. The van der Waals surface area contributed by atoms with Crippen LogP contribution in [0.25, 0.3) is 0 Å². The summed E-state index contributed by atoms with van der Waals surface area (Å²) in [5.74, 6) is -2.70. The van der Waals surface area contributed by atoms with Crippen LogP contribution < -0.4 is 5.32 Å². The van der Waals surface area contributed by atoms with Gasteiger partial charge in [0.1, 0.15) is 17.5 Å². The van der Waals surface area contributed by atoms with E-state index in [0.717, 1.165) is 10.9 Å². The summed E-state index contributed by atoms with van der Waals surface area (Å²) in [6.07, 6.45) is 0.811. The first-order valence-electron chi connectivity index (χ1n) is 6.66. The zero-order valence-corrected chi connectivity index (χ0v) is 13.1. The fourth-order valence-electron chi connectivity index (χ4n) is 2.19. The second-order valence-corrected chi connectivity index (χ2v) is 5.55. The Morgan fingerprint density at radius 2 is 1.71 bits per heavy atom. The summed E-state index contributed by atoms with van der Waals surface area (Å²) < 4.78 is 42.0. The molecule has 1 nitrogen and oxygen atoms in total. The van der Waals surface area contributed by atoms with Crippen molar-refractivity contribution in [3.8, 4) is 0 Å². The highest BCUT2D eigenvalue weighted by Crippen LogP contribution is 2.32. The van der Waals surface area contributed by atoms with Gasteiger partial charge in [-0.1, -0.05) is 41.1 Å². The van der Waals surface area contributed by atoms with Crippen LogP contribution in [0.3, 0.4) is 0 Å². The molecule has 1 unspecified atom stereocenters. The lowest BCUT2D eigenvalue weighted by molar-refractivity contribution is 0.486. The maximum Gasteiger partial charge on any atom is 0.134 e. The maximum atomic E-state index is 14.1. The van der Waals surface area contributed by atoms with Crippen molar-refractivity contribution in [1.29, 1.82) is 0 Å². The molecule has 0 aliphatic rings. The molecule has 0 heterocycles. The average Bonchev–Trinajstić information content (AvgIpc) is 2.42. The molecule has 2 rings (SSSR count). The minimum atomic E-state index is -0.921. The fraction of sp³-hybridized carbons (Fsp3) is 0.250. The number of benzene rings is 2. The largest absolute Gasteiger partial charge is 0.306 e. The van der Waals surface area contributed by atoms with Crippen LogP contribution in [-0.4, -0.2) is 6.54 Å². The predicted molar refractivity (Wildman–Crippen MR) is 80.6 cm³/mol. The third-order valence-corrected chi connectivity index (χ3v) is 3.87. The summed E-state index contributed by atoms with van der Waals surface area (Å²) in [5, 5.41) is 3.11. The second-order valence-electron chi connectivity index (χ2n) is 4.69. The van der Waals surface area contributed by atoms with Gasteiger partial charge < -0.3 is 5.32 Å². The van der Waals surface area contributed by atoms with E-state index in [1.54, 1.807) is 18.2 Å². The third-order valence-electron chi connectivity index (χ3n) is 3.15. The van der Waals surface area contributed by atoms with Gasteiger partial charge >= 0.3 is 0 Å². The van der Waals surface area contributed by atoms with Gasteiger partial charge in [-0.3, -0.25) is 0 Å². The number of hydrogen-bond acceptors (Lipinski definition) is 1. The first-order chi connectivity index (χ1) is 10.0. The molecule has 0 amide bonds. The molecule has 0 saturated heterocycles. The van der Waals surface area contributed by atoms with Crippen molar-refractivity contribution >= 4 is 15.9 Å². The highest BCUT2D eigenvalue weighted by Gasteiger charge is 2.24. The molecule has 1 atom stereocenters. The number of rotatable bonds is 5. The smallest absolute Gasteiger partial charge is 0.134 e. The zero-order chi connectivity index (χ0) is 15.4. The summed E-state index contributed by atoms with van der Waals surface area (Å²) in [5.41, 5.74) is 0.534. The standard InChI is InChI=1S/C16H15BrF3N/c1-2-7-21-16(11-5-3-4-6-12(11)17)15-13(19)8-10(18)9-14(15)20/h3-6,8-9,16,21H,2,7H2,1H3. The van der Waals surface area contributed by atoms with E-state index in [0.29, 0.717) is 24.2 Å². The van der Waals surface area contributed by atoms with Crippen molar-refractivity contribution in [1.82, 2.24) is 5.32 Å². The number of halogens is 4. The van der Waals surface area contributed by atoms with Crippen molar-refractivity contribution in [3.63, 3.8) is 0 Å². The van der Waals surface area contributed by atoms with E-state index in [9.17, 15) is 13.2 Å². The Morgan fingerprint density at radius 3 is 2.29 bits per heavy atom. The quantitative estimate of drug-likeness (QED) is 0.797. The van der Waals surface area contributed by atoms with Crippen molar-refractivity contribution < 1.29 is 13.2 Å². The molecule has 0 spiro atoms. The van der Waals surface area contributed by atoms with Crippen LogP contribution in [0.15, 0.2) is 40.9 Å². The first-order valence-corrected chi connectivity index (χ1v) is 7.46. The van der Waals surface area contributed by atoms with Crippen LogP contribution in [0.5, 0.6) is 0 Å². The van der Waals surface area contributed by atoms with Crippen LogP contribution in [0.2, 0.25) is 0 Å². The molecule has 0 aliphatic carbocycles. The van der Waals surface area contributed by atoms with E-state index < -0.39 is 23.5 Å². The normalized spacial score (nSPS) is 12.4. The van der Waals surface area contributed by atoms with E-state index in [4.69, 9.17) is 0 Å². The Hall–Kier alpha value is -1.33. The molecule has 5 heteroatoms. The lowest BCUT2D eigenvalue weighted by Gasteiger charge is -2.22. The molecule has 2 aromatic rings. The van der Waals surface area contributed by atoms with Crippen molar-refractivity contribution in [2.45, 2.75) is 19.4 Å². The molecule has 0 bridgehead atoms. The molecule has 0 aliphatic heterocycles. The van der Waals surface area contributed by atoms with E-state index in [1.165, 1.54) is 0 Å². The SMILES string of the molecule is CCCNC(c1ccccc1Br)c1c(F)cc(F)cc1F. The molecular weight excluding hydrogens is 343 g/mol. The molecule has 0 aromatic heterocycles. The highest BCUT2D eigenvalue weighted by molar-refractivity contribution is 9.10. The summed E-state index contributed by atoms with van der Waals surface area (Å²) in [6.45, 7) is 2.55. The van der Waals surface area contributed by atoms with Crippen molar-refractivity contribution in [2.75, 3.05) is 6.54 Å². The second kappa shape index (κ2) is 7.09. The van der Waals surface area contributed by atoms with Gasteiger partial charge in [-0.05, 0) is 24.6 Å². The lowest BCUT2D eigenvalue weighted by atomic mass is 9.97. The Balaban J connectivity index is 2.54. The minimum absolute atomic E-state index is 0.170. The molecule has 2 aromatic carbocycles. The van der Waals surface area contributed by atoms with Gasteiger partial charge in [0.05, 0.1) is 6.04 Å². The van der Waals surface area contributed by atoms with Gasteiger partial charge in [-0.15, -0.1) is 0 Å². The van der Waals surface area contributed by atoms with Crippen LogP contribution >= 0.6 is 15.9 Å². The van der Waals surface area contributed by atoms with E-state index in [-0.39, 0.29) is 5.56 Å². The summed E-state index contributed by atoms with van der Waals surface area (Å²) >= 11 is 3.39. The van der Waals surface area contributed by atoms with Crippen LogP contribution in [0.4, 0.5) is 13.2 Å². The van der Waals surface area contributed by atoms with Gasteiger partial charge in [0.25, 0.3) is 0 Å². The van der Waals surface area contributed by atoms with E-state index in [1.807, 2.05) is 13.0 Å². The summed E-state index contributed by atoms with van der Waals surface area (Å²) in [7, 11) is 0. The van der Waals surface area contributed by atoms with Gasteiger partial charge in [0, 0.05) is 22.2 Å². The van der Waals surface area contributed by atoms with Gasteiger partial charge in [-0.25, -0.2) is 13.2 Å². The Morgan fingerprint density at radius 1 is 1.10 bits per heavy atom. The molecule has 0 saturated carbocycles. The van der Waals surface area contributed by atoms with Crippen LogP contribution in [-0.2, 0) is 0 Å². The number of hydrogen-bond donors (Lipinski definition) is 1. The van der Waals surface area contributed by atoms with Crippen LogP contribution in [0.1, 0.15) is 30.5 Å². The van der Waals surface area contributed by atoms with Gasteiger partial charge in [0.15, 0.2) is 0 Å². The van der Waals surface area contributed by atoms with Gasteiger partial charge in [-0.2, -0.15) is 0 Å². The van der Waals surface area contributed by atoms with E-state index in [2.05, 4.69) is 21.2 Å². The number of nitrogens with one attached hydrogen (secondary N) is 1. The van der Waals surface area contributed by atoms with Crippen molar-refractivity contribution in [2.24, 2.45) is 0 Å². The fourth-order valence-corrected chi connectivity index (χ4v) is 2.71. The highest BCUT2D eigenvalue weighted by atomic mass is 79.9. The average molecular weight is 358 g/mol. The molecule has 1 N–H and O–H groups in total. The lowest BCUT2D eigenvalue weighted by Crippen LogP contribution is -2.25. The predicted octanol–water partition coefficient (Wildman–Crippen LogP) is 4.96.